The minimum Gasteiger partial charge on any atom is -0.281 e. The molecule has 1 aromatic carbocycles. The van der Waals surface area contributed by atoms with Gasteiger partial charge in [-0.05, 0) is 22.6 Å². The van der Waals surface area contributed by atoms with Crippen molar-refractivity contribution in [3.63, 3.8) is 0 Å². The summed E-state index contributed by atoms with van der Waals surface area (Å²) in [5.41, 5.74) is 0. The highest BCUT2D eigenvalue weighted by Crippen LogP contribution is 2.33. The van der Waals surface area contributed by atoms with Gasteiger partial charge in [-0.1, -0.05) is 24.3 Å². The van der Waals surface area contributed by atoms with Gasteiger partial charge in [0.15, 0.2) is 0 Å². The third-order valence-electron chi connectivity index (χ3n) is 1.75. The van der Waals surface area contributed by atoms with Gasteiger partial charge < -0.3 is 0 Å². The van der Waals surface area contributed by atoms with E-state index >= 15 is 0 Å². The number of hydrogen-bond donors (Lipinski definition) is 0. The quantitative estimate of drug-likeness (QED) is 0.508. The molecule has 0 saturated heterocycles. The minimum atomic E-state index is 0.127. The molecule has 0 bridgehead atoms. The van der Waals surface area contributed by atoms with Crippen molar-refractivity contribution < 1.29 is 4.79 Å². The van der Waals surface area contributed by atoms with E-state index in [2.05, 4.69) is 28.7 Å². The zero-order chi connectivity index (χ0) is 9.42. The molecule has 0 aliphatic rings. The molecule has 0 aliphatic carbocycles. The number of halogens is 2. The molecule has 4 heteroatoms. The Morgan fingerprint density at radius 3 is 2.46 bits per heavy atom. The van der Waals surface area contributed by atoms with Crippen LogP contribution in [0.5, 0.6) is 0 Å². The predicted octanol–water partition coefficient (Wildman–Crippen LogP) is 4.08. The van der Waals surface area contributed by atoms with Crippen molar-refractivity contribution in [1.29, 1.82) is 0 Å². The SMILES string of the molecule is O=C(I)c1sc(I)c2ccccc12. The van der Waals surface area contributed by atoms with Gasteiger partial charge in [-0.3, -0.25) is 4.79 Å². The molecule has 0 atom stereocenters. The number of hydrogen-bond acceptors (Lipinski definition) is 2. The van der Waals surface area contributed by atoms with Crippen LogP contribution in [0, 0.1) is 2.88 Å². The second-order valence-electron chi connectivity index (χ2n) is 2.52. The van der Waals surface area contributed by atoms with Crippen molar-refractivity contribution in [3.05, 3.63) is 32.0 Å². The van der Waals surface area contributed by atoms with Crippen LogP contribution >= 0.6 is 56.5 Å². The Hall–Kier alpha value is 0.310. The zero-order valence-electron chi connectivity index (χ0n) is 6.38. The van der Waals surface area contributed by atoms with E-state index in [0.29, 0.717) is 0 Å². The Balaban J connectivity index is 2.85. The van der Waals surface area contributed by atoms with Gasteiger partial charge in [0.1, 0.15) is 0 Å². The van der Waals surface area contributed by atoms with Crippen LogP contribution in [0.25, 0.3) is 10.8 Å². The van der Waals surface area contributed by atoms with E-state index in [4.69, 9.17) is 0 Å². The third kappa shape index (κ3) is 1.75. The van der Waals surface area contributed by atoms with Crippen LogP contribution in [0.1, 0.15) is 9.67 Å². The fourth-order valence-electron chi connectivity index (χ4n) is 1.20. The number of rotatable bonds is 1. The Morgan fingerprint density at radius 1 is 1.23 bits per heavy atom. The molecule has 0 unspecified atom stereocenters. The first-order chi connectivity index (χ1) is 6.20. The van der Waals surface area contributed by atoms with E-state index in [0.717, 1.165) is 10.3 Å². The number of carbonyl (C=O) groups excluding carboxylic acids is 1. The average Bonchev–Trinajstić information content (AvgIpc) is 2.45. The van der Waals surface area contributed by atoms with Crippen molar-refractivity contribution in [2.24, 2.45) is 0 Å². The second-order valence-corrected chi connectivity index (χ2v) is 6.34. The molecule has 0 amide bonds. The summed E-state index contributed by atoms with van der Waals surface area (Å²) in [6.45, 7) is 0. The lowest BCUT2D eigenvalue weighted by molar-refractivity contribution is 0.111. The maximum Gasteiger partial charge on any atom is 0.232 e. The van der Waals surface area contributed by atoms with Crippen LogP contribution in [0.3, 0.4) is 0 Å². The predicted molar refractivity (Wildman–Crippen MR) is 72.9 cm³/mol. The molecule has 0 fully saturated rings. The summed E-state index contributed by atoms with van der Waals surface area (Å²) in [6, 6.07) is 8.02. The van der Waals surface area contributed by atoms with Crippen LogP contribution in [0.2, 0.25) is 0 Å². The van der Waals surface area contributed by atoms with Crippen LogP contribution in [0.15, 0.2) is 24.3 Å². The van der Waals surface area contributed by atoms with Gasteiger partial charge in [0, 0.05) is 33.4 Å². The first-order valence-corrected chi connectivity index (χ1v) is 6.54. The standard InChI is InChI=1S/C9H4I2OS/c10-8(12)7-5-3-1-2-4-6(5)9(11)13-7/h1-4H. The number of carbonyl (C=O) groups is 1. The molecular weight excluding hydrogens is 410 g/mol. The van der Waals surface area contributed by atoms with E-state index < -0.39 is 0 Å². The summed E-state index contributed by atoms with van der Waals surface area (Å²) < 4.78 is 1.31. The normalized spacial score (nSPS) is 10.6. The van der Waals surface area contributed by atoms with Gasteiger partial charge in [0.2, 0.25) is 3.79 Å². The van der Waals surface area contributed by atoms with E-state index in [1.807, 2.05) is 40.8 Å². The molecule has 66 valence electrons. The molecular formula is C9H4I2OS. The Bertz CT molecular complexity index is 475. The topological polar surface area (TPSA) is 17.1 Å². The van der Waals surface area contributed by atoms with Gasteiger partial charge in [-0.2, -0.15) is 0 Å². The van der Waals surface area contributed by atoms with Crippen LogP contribution in [-0.4, -0.2) is 3.79 Å². The molecule has 0 saturated carbocycles. The van der Waals surface area contributed by atoms with Crippen molar-refractivity contribution in [2.75, 3.05) is 0 Å². The van der Waals surface area contributed by atoms with Gasteiger partial charge in [-0.25, -0.2) is 0 Å². The molecule has 1 nitrogen and oxygen atoms in total. The van der Waals surface area contributed by atoms with E-state index in [1.165, 1.54) is 8.27 Å². The molecule has 1 heterocycles. The molecule has 13 heavy (non-hydrogen) atoms. The highest BCUT2D eigenvalue weighted by Gasteiger charge is 2.12. The van der Waals surface area contributed by atoms with Gasteiger partial charge >= 0.3 is 0 Å². The molecule has 0 aliphatic heterocycles. The van der Waals surface area contributed by atoms with E-state index in [-0.39, 0.29) is 3.79 Å². The van der Waals surface area contributed by atoms with E-state index in [9.17, 15) is 4.79 Å². The number of fused-ring (bicyclic) bond motifs is 1. The summed E-state index contributed by atoms with van der Waals surface area (Å²) in [7, 11) is 0. The molecule has 2 aromatic rings. The first-order valence-electron chi connectivity index (χ1n) is 3.57. The Morgan fingerprint density at radius 2 is 1.85 bits per heavy atom. The summed E-state index contributed by atoms with van der Waals surface area (Å²) >= 11 is 5.68. The molecule has 2 rings (SSSR count). The maximum atomic E-state index is 11.3. The lowest BCUT2D eigenvalue weighted by Gasteiger charge is -1.89. The van der Waals surface area contributed by atoms with E-state index in [1.54, 1.807) is 11.3 Å². The third-order valence-corrected chi connectivity index (χ3v) is 4.91. The second kappa shape index (κ2) is 3.82. The highest BCUT2D eigenvalue weighted by atomic mass is 127. The van der Waals surface area contributed by atoms with Crippen LogP contribution < -0.4 is 0 Å². The largest absolute Gasteiger partial charge is 0.281 e. The van der Waals surface area contributed by atoms with Gasteiger partial charge in [-0.15, -0.1) is 11.3 Å². The zero-order valence-corrected chi connectivity index (χ0v) is 11.5. The molecule has 1 aromatic heterocycles. The fourth-order valence-corrected chi connectivity index (χ4v) is 3.79. The average molecular weight is 414 g/mol. The summed E-state index contributed by atoms with van der Waals surface area (Å²) in [5.74, 6) is 0. The van der Waals surface area contributed by atoms with Crippen molar-refractivity contribution in [1.82, 2.24) is 0 Å². The smallest absolute Gasteiger partial charge is 0.232 e. The first kappa shape index (κ1) is 9.85. The molecule has 0 radical (unpaired) electrons. The number of benzene rings is 1. The van der Waals surface area contributed by atoms with Gasteiger partial charge in [0.05, 0.1) is 7.76 Å². The van der Waals surface area contributed by atoms with Crippen molar-refractivity contribution in [3.8, 4) is 0 Å². The van der Waals surface area contributed by atoms with Crippen LogP contribution in [0.4, 0.5) is 0 Å². The molecule has 0 spiro atoms. The van der Waals surface area contributed by atoms with Crippen molar-refractivity contribution >= 4 is 71.1 Å². The van der Waals surface area contributed by atoms with Gasteiger partial charge in [0.25, 0.3) is 0 Å². The Kier molecular flexibility index (Phi) is 2.89. The fraction of sp³-hybridized carbons (Fsp3) is 0. The lowest BCUT2D eigenvalue weighted by atomic mass is 10.2. The monoisotopic (exact) mass is 414 g/mol. The highest BCUT2D eigenvalue weighted by molar-refractivity contribution is 14.1. The number of thiophene rings is 1. The summed E-state index contributed by atoms with van der Waals surface area (Å²) in [5, 5.41) is 2.27. The Labute approximate surface area is 107 Å². The lowest BCUT2D eigenvalue weighted by Crippen LogP contribution is -1.80. The summed E-state index contributed by atoms with van der Waals surface area (Å²) in [4.78, 5) is 12.1. The molecule has 0 N–H and O–H groups in total. The van der Waals surface area contributed by atoms with Crippen LogP contribution in [-0.2, 0) is 0 Å². The van der Waals surface area contributed by atoms with Crippen molar-refractivity contribution in [2.45, 2.75) is 0 Å². The summed E-state index contributed by atoms with van der Waals surface area (Å²) in [6.07, 6.45) is 0. The minimum absolute atomic E-state index is 0.127. The maximum absolute atomic E-state index is 11.3.